The standard InChI is InChI=1S/C17H17BrO/c1-3-4-13-5-7-14(8-6-13)17(19)15-9-12(2)10-16(18)11-15/h5-11H,3-4H2,1-2H3. The fourth-order valence-corrected chi connectivity index (χ4v) is 2.75. The van der Waals surface area contributed by atoms with Gasteiger partial charge in [0.15, 0.2) is 5.78 Å². The highest BCUT2D eigenvalue weighted by Crippen LogP contribution is 2.18. The van der Waals surface area contributed by atoms with Gasteiger partial charge in [-0.05, 0) is 42.7 Å². The number of carbonyl (C=O) groups is 1. The van der Waals surface area contributed by atoms with E-state index >= 15 is 0 Å². The van der Waals surface area contributed by atoms with Gasteiger partial charge in [0.25, 0.3) is 0 Å². The molecule has 2 rings (SSSR count). The van der Waals surface area contributed by atoms with E-state index in [-0.39, 0.29) is 5.78 Å². The fraction of sp³-hybridized carbons (Fsp3) is 0.235. The number of benzene rings is 2. The summed E-state index contributed by atoms with van der Waals surface area (Å²) in [6.45, 7) is 4.15. The van der Waals surface area contributed by atoms with Crippen LogP contribution in [-0.4, -0.2) is 5.78 Å². The summed E-state index contributed by atoms with van der Waals surface area (Å²) in [4.78, 5) is 12.4. The Kier molecular flexibility index (Phi) is 4.54. The third kappa shape index (κ3) is 3.54. The van der Waals surface area contributed by atoms with E-state index in [1.165, 1.54) is 5.56 Å². The van der Waals surface area contributed by atoms with E-state index in [4.69, 9.17) is 0 Å². The van der Waals surface area contributed by atoms with Crippen molar-refractivity contribution in [3.05, 3.63) is 69.2 Å². The Morgan fingerprint density at radius 3 is 2.32 bits per heavy atom. The van der Waals surface area contributed by atoms with Gasteiger partial charge in [0.05, 0.1) is 0 Å². The number of hydrogen-bond donors (Lipinski definition) is 0. The molecule has 1 nitrogen and oxygen atoms in total. The van der Waals surface area contributed by atoms with Crippen molar-refractivity contribution >= 4 is 21.7 Å². The number of rotatable bonds is 4. The summed E-state index contributed by atoms with van der Waals surface area (Å²) < 4.78 is 0.943. The van der Waals surface area contributed by atoms with Crippen LogP contribution in [-0.2, 0) is 6.42 Å². The first kappa shape index (κ1) is 14.0. The first-order chi connectivity index (χ1) is 9.10. The third-order valence-electron chi connectivity index (χ3n) is 3.06. The van der Waals surface area contributed by atoms with Gasteiger partial charge in [-0.3, -0.25) is 4.79 Å². The predicted molar refractivity (Wildman–Crippen MR) is 82.7 cm³/mol. The highest BCUT2D eigenvalue weighted by molar-refractivity contribution is 9.10. The molecule has 0 heterocycles. The molecule has 98 valence electrons. The SMILES string of the molecule is CCCc1ccc(C(=O)c2cc(C)cc(Br)c2)cc1. The van der Waals surface area contributed by atoms with Gasteiger partial charge < -0.3 is 0 Å². The van der Waals surface area contributed by atoms with Crippen molar-refractivity contribution in [3.63, 3.8) is 0 Å². The zero-order valence-corrected chi connectivity index (χ0v) is 12.8. The van der Waals surface area contributed by atoms with Crippen LogP contribution >= 0.6 is 15.9 Å². The smallest absolute Gasteiger partial charge is 0.193 e. The lowest BCUT2D eigenvalue weighted by Crippen LogP contribution is -2.02. The topological polar surface area (TPSA) is 17.1 Å². The summed E-state index contributed by atoms with van der Waals surface area (Å²) in [6, 6.07) is 13.7. The second-order valence-corrected chi connectivity index (χ2v) is 5.71. The lowest BCUT2D eigenvalue weighted by molar-refractivity contribution is 0.103. The van der Waals surface area contributed by atoms with Crippen LogP contribution in [0.15, 0.2) is 46.9 Å². The van der Waals surface area contributed by atoms with Gasteiger partial charge in [0.1, 0.15) is 0 Å². The molecule has 0 aromatic heterocycles. The molecule has 19 heavy (non-hydrogen) atoms. The summed E-state index contributed by atoms with van der Waals surface area (Å²) in [5.74, 6) is 0.0763. The Hall–Kier alpha value is -1.41. The molecule has 0 fully saturated rings. The Morgan fingerprint density at radius 2 is 1.74 bits per heavy atom. The Bertz CT molecular complexity index is 564. The summed E-state index contributed by atoms with van der Waals surface area (Å²) in [6.07, 6.45) is 2.18. The van der Waals surface area contributed by atoms with Crippen molar-refractivity contribution in [2.75, 3.05) is 0 Å². The van der Waals surface area contributed by atoms with Gasteiger partial charge in [-0.15, -0.1) is 0 Å². The second kappa shape index (κ2) is 6.16. The largest absolute Gasteiger partial charge is 0.289 e. The average Bonchev–Trinajstić information content (AvgIpc) is 2.38. The normalized spacial score (nSPS) is 10.5. The molecule has 0 aliphatic carbocycles. The molecule has 0 saturated heterocycles. The van der Waals surface area contributed by atoms with E-state index in [2.05, 4.69) is 22.9 Å². The Morgan fingerprint density at radius 1 is 1.05 bits per heavy atom. The van der Waals surface area contributed by atoms with Gasteiger partial charge >= 0.3 is 0 Å². The van der Waals surface area contributed by atoms with Crippen LogP contribution in [0.4, 0.5) is 0 Å². The predicted octanol–water partition coefficient (Wildman–Crippen LogP) is 4.94. The molecule has 0 N–H and O–H groups in total. The molecule has 0 amide bonds. The lowest BCUT2D eigenvalue weighted by atomic mass is 10.00. The van der Waals surface area contributed by atoms with E-state index in [1.807, 2.05) is 49.4 Å². The molecule has 0 atom stereocenters. The van der Waals surface area contributed by atoms with E-state index in [0.29, 0.717) is 0 Å². The molecule has 0 aliphatic heterocycles. The van der Waals surface area contributed by atoms with Crippen molar-refractivity contribution < 1.29 is 4.79 Å². The highest BCUT2D eigenvalue weighted by Gasteiger charge is 2.10. The lowest BCUT2D eigenvalue weighted by Gasteiger charge is -2.05. The molecule has 2 heteroatoms. The summed E-state index contributed by atoms with van der Waals surface area (Å²) in [5.41, 5.74) is 3.84. The molecule has 0 unspecified atom stereocenters. The number of halogens is 1. The van der Waals surface area contributed by atoms with Crippen LogP contribution < -0.4 is 0 Å². The summed E-state index contributed by atoms with van der Waals surface area (Å²) in [7, 11) is 0. The third-order valence-corrected chi connectivity index (χ3v) is 3.52. The zero-order chi connectivity index (χ0) is 13.8. The van der Waals surface area contributed by atoms with E-state index in [0.717, 1.165) is 34.0 Å². The van der Waals surface area contributed by atoms with E-state index in [1.54, 1.807) is 0 Å². The molecule has 0 aliphatic rings. The van der Waals surface area contributed by atoms with Gasteiger partial charge in [-0.2, -0.15) is 0 Å². The molecule has 0 saturated carbocycles. The van der Waals surface area contributed by atoms with Crippen LogP contribution in [0.2, 0.25) is 0 Å². The number of ketones is 1. The maximum atomic E-state index is 12.4. The van der Waals surface area contributed by atoms with Crippen molar-refractivity contribution in [2.45, 2.75) is 26.7 Å². The first-order valence-electron chi connectivity index (χ1n) is 6.51. The molecular weight excluding hydrogens is 300 g/mol. The van der Waals surface area contributed by atoms with Crippen molar-refractivity contribution in [3.8, 4) is 0 Å². The maximum Gasteiger partial charge on any atom is 0.193 e. The van der Waals surface area contributed by atoms with Gasteiger partial charge in [0, 0.05) is 15.6 Å². The minimum absolute atomic E-state index is 0.0763. The van der Waals surface area contributed by atoms with Gasteiger partial charge in [0.2, 0.25) is 0 Å². The van der Waals surface area contributed by atoms with Crippen molar-refractivity contribution in [1.82, 2.24) is 0 Å². The molecule has 0 radical (unpaired) electrons. The average molecular weight is 317 g/mol. The van der Waals surface area contributed by atoms with Gasteiger partial charge in [-0.25, -0.2) is 0 Å². The minimum atomic E-state index is 0.0763. The van der Waals surface area contributed by atoms with Crippen LogP contribution in [0.3, 0.4) is 0 Å². The first-order valence-corrected chi connectivity index (χ1v) is 7.30. The van der Waals surface area contributed by atoms with E-state index < -0.39 is 0 Å². The number of aryl methyl sites for hydroxylation is 2. The molecule has 0 spiro atoms. The van der Waals surface area contributed by atoms with Crippen LogP contribution in [0.5, 0.6) is 0 Å². The van der Waals surface area contributed by atoms with Crippen molar-refractivity contribution in [2.24, 2.45) is 0 Å². The monoisotopic (exact) mass is 316 g/mol. The molecular formula is C17H17BrO. The van der Waals surface area contributed by atoms with Crippen LogP contribution in [0.25, 0.3) is 0 Å². The van der Waals surface area contributed by atoms with Crippen LogP contribution in [0.1, 0.15) is 40.4 Å². The Balaban J connectivity index is 2.28. The van der Waals surface area contributed by atoms with E-state index in [9.17, 15) is 4.79 Å². The minimum Gasteiger partial charge on any atom is -0.289 e. The van der Waals surface area contributed by atoms with Crippen LogP contribution in [0, 0.1) is 6.92 Å². The zero-order valence-electron chi connectivity index (χ0n) is 11.2. The quantitative estimate of drug-likeness (QED) is 0.730. The molecule has 2 aromatic rings. The number of carbonyl (C=O) groups excluding carboxylic acids is 1. The van der Waals surface area contributed by atoms with Crippen molar-refractivity contribution in [1.29, 1.82) is 0 Å². The highest BCUT2D eigenvalue weighted by atomic mass is 79.9. The molecule has 0 bridgehead atoms. The summed E-state index contributed by atoms with van der Waals surface area (Å²) >= 11 is 3.43. The molecule has 2 aromatic carbocycles. The van der Waals surface area contributed by atoms with Gasteiger partial charge in [-0.1, -0.05) is 53.5 Å². The second-order valence-electron chi connectivity index (χ2n) is 4.79. The maximum absolute atomic E-state index is 12.4. The fourth-order valence-electron chi connectivity index (χ4n) is 2.15. The summed E-state index contributed by atoms with van der Waals surface area (Å²) in [5, 5.41) is 0. The number of hydrogen-bond acceptors (Lipinski definition) is 1. The Labute approximate surface area is 122 Å².